The Bertz CT molecular complexity index is 1130. The zero-order chi connectivity index (χ0) is 45.0. The Kier molecular flexibility index (Phi) is 42.6. The zero-order valence-corrected chi connectivity index (χ0v) is 41.5. The van der Waals surface area contributed by atoms with Crippen LogP contribution in [0.1, 0.15) is 226 Å². The first-order valence-electron chi connectivity index (χ1n) is 25.5. The number of rotatable bonds is 46. The monoisotopic (exact) mass is 879 g/mol. The Morgan fingerprint density at radius 3 is 1.46 bits per heavy atom. The fourth-order valence-corrected chi connectivity index (χ4v) is 8.05. The second kappa shape index (κ2) is 43.7. The van der Waals surface area contributed by atoms with E-state index in [0.717, 1.165) is 64.2 Å². The van der Waals surface area contributed by atoms with Crippen LogP contribution in [0.2, 0.25) is 0 Å². The molecule has 0 bridgehead atoms. The number of aliphatic hydroxyl groups is 1. The molecule has 0 spiro atoms. The minimum atomic E-state index is -4.57. The maximum Gasteiger partial charge on any atom is 0.268 e. The van der Waals surface area contributed by atoms with Crippen molar-refractivity contribution in [2.24, 2.45) is 0 Å². The van der Waals surface area contributed by atoms with E-state index in [1.165, 1.54) is 135 Å². The Hall–Kier alpha value is -1.54. The number of unbranched alkanes of at least 4 members (excludes halogenated alkanes) is 25. The molecule has 0 rings (SSSR count). The highest BCUT2D eigenvalue weighted by Gasteiger charge is 2.24. The summed E-state index contributed by atoms with van der Waals surface area (Å²) in [5, 5.41) is 14.0. The number of phosphoric acid groups is 1. The van der Waals surface area contributed by atoms with E-state index in [4.69, 9.17) is 9.05 Å². The largest absolute Gasteiger partial charge is 0.756 e. The molecule has 0 aromatic carbocycles. The Balaban J connectivity index is 4.20. The van der Waals surface area contributed by atoms with Crippen LogP contribution < -0.4 is 10.2 Å². The number of nitrogens with one attached hydrogen (secondary N) is 1. The quantitative estimate of drug-likeness (QED) is 0.0273. The van der Waals surface area contributed by atoms with E-state index < -0.39 is 20.0 Å². The summed E-state index contributed by atoms with van der Waals surface area (Å²) in [4.78, 5) is 25.4. The van der Waals surface area contributed by atoms with Crippen molar-refractivity contribution in [2.75, 3.05) is 40.9 Å². The number of carbonyl (C=O) groups is 1. The molecule has 0 heterocycles. The number of aliphatic hydroxyl groups excluding tert-OH is 1. The lowest BCUT2D eigenvalue weighted by molar-refractivity contribution is -0.870. The smallest absolute Gasteiger partial charge is 0.268 e. The maximum atomic E-state index is 12.9. The molecule has 0 radical (unpaired) electrons. The summed E-state index contributed by atoms with van der Waals surface area (Å²) in [5.74, 6) is -0.168. The highest BCUT2D eigenvalue weighted by atomic mass is 31.2. The number of allylic oxidation sites excluding steroid dienone is 8. The second-order valence-corrected chi connectivity index (χ2v) is 19.9. The van der Waals surface area contributed by atoms with Gasteiger partial charge in [0.2, 0.25) is 5.91 Å². The van der Waals surface area contributed by atoms with Crippen LogP contribution in [0, 0.1) is 0 Å². The van der Waals surface area contributed by atoms with Gasteiger partial charge in [-0.2, -0.15) is 0 Å². The number of hydrogen-bond acceptors (Lipinski definition) is 6. The van der Waals surface area contributed by atoms with Crippen LogP contribution in [0.15, 0.2) is 48.6 Å². The molecule has 2 N–H and O–H groups in total. The third-order valence-electron chi connectivity index (χ3n) is 11.3. The summed E-state index contributed by atoms with van der Waals surface area (Å²) in [6.07, 6.45) is 55.5. The first-order valence-corrected chi connectivity index (χ1v) is 26.9. The summed E-state index contributed by atoms with van der Waals surface area (Å²) in [7, 11) is 1.30. The number of carbonyl (C=O) groups excluding carboxylic acids is 1. The number of hydrogen-bond donors (Lipinski definition) is 2. The maximum absolute atomic E-state index is 12.9. The third-order valence-corrected chi connectivity index (χ3v) is 12.3. The summed E-state index contributed by atoms with van der Waals surface area (Å²) in [6, 6.07) is -0.802. The lowest BCUT2D eigenvalue weighted by atomic mass is 10.0. The van der Waals surface area contributed by atoms with Gasteiger partial charge in [-0.3, -0.25) is 9.36 Å². The Morgan fingerprint density at radius 2 is 1.00 bits per heavy atom. The van der Waals surface area contributed by atoms with Gasteiger partial charge in [0.1, 0.15) is 13.2 Å². The molecule has 3 unspecified atom stereocenters. The normalized spacial score (nSPS) is 14.5. The summed E-state index contributed by atoms with van der Waals surface area (Å²) in [5.41, 5.74) is 0. The fourth-order valence-electron chi connectivity index (χ4n) is 7.33. The Morgan fingerprint density at radius 1 is 0.590 bits per heavy atom. The van der Waals surface area contributed by atoms with Gasteiger partial charge in [0.05, 0.1) is 39.9 Å². The van der Waals surface area contributed by atoms with Gasteiger partial charge in [0.15, 0.2) is 0 Å². The molecule has 61 heavy (non-hydrogen) atoms. The van der Waals surface area contributed by atoms with Crippen molar-refractivity contribution >= 4 is 13.7 Å². The highest BCUT2D eigenvalue weighted by molar-refractivity contribution is 7.45. The van der Waals surface area contributed by atoms with Gasteiger partial charge < -0.3 is 28.8 Å². The lowest BCUT2D eigenvalue weighted by Gasteiger charge is -2.30. The summed E-state index contributed by atoms with van der Waals surface area (Å²) >= 11 is 0. The molecule has 0 fully saturated rings. The average molecular weight is 879 g/mol. The predicted molar refractivity (Wildman–Crippen MR) is 261 cm³/mol. The van der Waals surface area contributed by atoms with E-state index in [1.54, 1.807) is 0 Å². The molecule has 0 aliphatic carbocycles. The first-order chi connectivity index (χ1) is 29.5. The van der Waals surface area contributed by atoms with E-state index >= 15 is 0 Å². The van der Waals surface area contributed by atoms with Crippen LogP contribution >= 0.6 is 7.82 Å². The summed E-state index contributed by atoms with van der Waals surface area (Å²) in [6.45, 7) is 4.61. The topological polar surface area (TPSA) is 108 Å². The average Bonchev–Trinajstić information content (AvgIpc) is 3.21. The van der Waals surface area contributed by atoms with Crippen LogP contribution in [-0.2, 0) is 18.4 Å². The zero-order valence-electron chi connectivity index (χ0n) is 40.6. The van der Waals surface area contributed by atoms with Crippen LogP contribution in [0.5, 0.6) is 0 Å². The standard InChI is InChI=1S/C52H99N2O6P/c1-6-8-10-12-14-16-18-20-22-23-24-25-26-27-28-29-30-31-32-34-36-38-40-42-44-46-52(56)53-50(49-60-61(57,58)59-48-47-54(3,4)5)51(55)45-43-41-39-37-35-33-21-19-17-15-13-11-9-7-2/h8,10,14,16,20,22,24-25,50-51,55H,6-7,9,11-13,15,17-19,21,23,26-49H2,1-5H3,(H-,53,56,57,58)/b10-8-,16-14-,22-20-,25-24-. The number of quaternary nitrogens is 1. The van der Waals surface area contributed by atoms with Crippen LogP contribution in [0.25, 0.3) is 0 Å². The molecule has 0 aliphatic rings. The van der Waals surface area contributed by atoms with Gasteiger partial charge in [-0.15, -0.1) is 0 Å². The van der Waals surface area contributed by atoms with Gasteiger partial charge >= 0.3 is 0 Å². The molecule has 0 aromatic heterocycles. The highest BCUT2D eigenvalue weighted by Crippen LogP contribution is 2.38. The van der Waals surface area contributed by atoms with Gasteiger partial charge in [0.25, 0.3) is 7.82 Å². The second-order valence-electron chi connectivity index (χ2n) is 18.5. The van der Waals surface area contributed by atoms with Crippen LogP contribution in [0.3, 0.4) is 0 Å². The first kappa shape index (κ1) is 59.5. The minimum absolute atomic E-state index is 0.0110. The molecule has 8 nitrogen and oxygen atoms in total. The molecule has 9 heteroatoms. The molecular formula is C52H99N2O6P. The minimum Gasteiger partial charge on any atom is -0.756 e. The predicted octanol–water partition coefficient (Wildman–Crippen LogP) is 14.2. The van der Waals surface area contributed by atoms with Crippen molar-refractivity contribution in [3.63, 3.8) is 0 Å². The van der Waals surface area contributed by atoms with Gasteiger partial charge in [0, 0.05) is 6.42 Å². The van der Waals surface area contributed by atoms with Gasteiger partial charge in [-0.05, 0) is 51.4 Å². The van der Waals surface area contributed by atoms with E-state index in [1.807, 2.05) is 21.1 Å². The Labute approximate surface area is 378 Å². The summed E-state index contributed by atoms with van der Waals surface area (Å²) < 4.78 is 23.3. The molecule has 3 atom stereocenters. The van der Waals surface area contributed by atoms with E-state index in [-0.39, 0.29) is 19.1 Å². The number of nitrogens with zero attached hydrogens (tertiary/aromatic N) is 1. The van der Waals surface area contributed by atoms with Crippen molar-refractivity contribution in [3.8, 4) is 0 Å². The molecule has 358 valence electrons. The van der Waals surface area contributed by atoms with Crippen molar-refractivity contribution in [3.05, 3.63) is 48.6 Å². The fraction of sp³-hybridized carbons (Fsp3) is 0.827. The van der Waals surface area contributed by atoms with Gasteiger partial charge in [-0.1, -0.05) is 217 Å². The number of amides is 1. The van der Waals surface area contributed by atoms with E-state index in [9.17, 15) is 19.4 Å². The van der Waals surface area contributed by atoms with E-state index in [2.05, 4.69) is 67.8 Å². The van der Waals surface area contributed by atoms with Crippen molar-refractivity contribution in [1.29, 1.82) is 0 Å². The number of phosphoric ester groups is 1. The number of likely N-dealkylation sites (N-methyl/N-ethyl adjacent to an activating group) is 1. The van der Waals surface area contributed by atoms with Crippen molar-refractivity contribution in [2.45, 2.75) is 238 Å². The molecule has 1 amide bonds. The SMILES string of the molecule is CC/C=C\C/C=C\C/C=C\C/C=C\CCCCCCCCCCCCCCC(=O)NC(COP(=O)([O-])OCC[N+](C)(C)C)C(O)CCCCCCCCCCCCCCCC. The van der Waals surface area contributed by atoms with Gasteiger partial charge in [-0.25, -0.2) is 0 Å². The molecule has 0 saturated heterocycles. The molecule has 0 saturated carbocycles. The third kappa shape index (κ3) is 46.3. The van der Waals surface area contributed by atoms with Crippen LogP contribution in [-0.4, -0.2) is 68.5 Å². The van der Waals surface area contributed by atoms with Crippen LogP contribution in [0.4, 0.5) is 0 Å². The molecular weight excluding hydrogens is 780 g/mol. The molecule has 0 aromatic rings. The lowest BCUT2D eigenvalue weighted by Crippen LogP contribution is -2.46. The van der Waals surface area contributed by atoms with Crippen molar-refractivity contribution in [1.82, 2.24) is 5.32 Å². The van der Waals surface area contributed by atoms with Crippen molar-refractivity contribution < 1.29 is 32.9 Å². The molecule has 0 aliphatic heterocycles. The van der Waals surface area contributed by atoms with E-state index in [0.29, 0.717) is 23.9 Å².